The Bertz CT molecular complexity index is 1040. The van der Waals surface area contributed by atoms with Crippen LogP contribution in [0.3, 0.4) is 0 Å². The highest BCUT2D eigenvalue weighted by Crippen LogP contribution is 2.25. The van der Waals surface area contributed by atoms with Crippen molar-refractivity contribution in [1.82, 2.24) is 19.9 Å². The first kappa shape index (κ1) is 16.4. The zero-order valence-electron chi connectivity index (χ0n) is 13.8. The van der Waals surface area contributed by atoms with Gasteiger partial charge in [0.2, 0.25) is 0 Å². The van der Waals surface area contributed by atoms with Gasteiger partial charge in [-0.3, -0.25) is 9.78 Å². The van der Waals surface area contributed by atoms with E-state index >= 15 is 0 Å². The van der Waals surface area contributed by atoms with Crippen LogP contribution in [-0.4, -0.2) is 38.3 Å². The Morgan fingerprint density at radius 2 is 2.12 bits per heavy atom. The fraction of sp³-hybridized carbons (Fsp3) is 0.278. The summed E-state index contributed by atoms with van der Waals surface area (Å²) >= 11 is 0. The van der Waals surface area contributed by atoms with Crippen molar-refractivity contribution >= 4 is 17.1 Å². The van der Waals surface area contributed by atoms with Crippen LogP contribution >= 0.6 is 0 Å². The van der Waals surface area contributed by atoms with Gasteiger partial charge >= 0.3 is 5.69 Å². The third-order valence-electron chi connectivity index (χ3n) is 4.72. The monoisotopic (exact) mass is 358 g/mol. The second kappa shape index (κ2) is 6.36. The lowest BCUT2D eigenvalue weighted by Crippen LogP contribution is -2.37. The second-order valence-electron chi connectivity index (χ2n) is 6.43. The van der Waals surface area contributed by atoms with Crippen LogP contribution in [0.2, 0.25) is 0 Å². The van der Waals surface area contributed by atoms with Gasteiger partial charge in [0.05, 0.1) is 11.1 Å². The van der Waals surface area contributed by atoms with Crippen molar-refractivity contribution in [3.05, 3.63) is 63.7 Å². The molecule has 1 amide bonds. The number of carbonyl (C=O) groups is 1. The van der Waals surface area contributed by atoms with Crippen LogP contribution in [0.4, 0.5) is 8.78 Å². The third kappa shape index (κ3) is 2.98. The fourth-order valence-electron chi connectivity index (χ4n) is 3.47. The Morgan fingerprint density at radius 1 is 1.27 bits per heavy atom. The smallest absolute Gasteiger partial charge is 0.325 e. The molecule has 3 heterocycles. The number of nitrogens with zero attached hydrogens (tertiary/aromatic N) is 2. The van der Waals surface area contributed by atoms with E-state index in [-0.39, 0.29) is 23.9 Å². The van der Waals surface area contributed by atoms with E-state index in [1.165, 1.54) is 12.3 Å². The zero-order chi connectivity index (χ0) is 18.3. The number of benzene rings is 1. The zero-order valence-corrected chi connectivity index (χ0v) is 13.8. The van der Waals surface area contributed by atoms with Crippen molar-refractivity contribution in [2.75, 3.05) is 6.54 Å². The van der Waals surface area contributed by atoms with Crippen molar-refractivity contribution in [1.29, 1.82) is 0 Å². The molecule has 0 aliphatic carbocycles. The van der Waals surface area contributed by atoms with Crippen LogP contribution in [0.15, 0.2) is 35.3 Å². The van der Waals surface area contributed by atoms with E-state index in [9.17, 15) is 18.4 Å². The van der Waals surface area contributed by atoms with Crippen molar-refractivity contribution in [3.63, 3.8) is 0 Å². The molecule has 26 heavy (non-hydrogen) atoms. The summed E-state index contributed by atoms with van der Waals surface area (Å²) in [6.07, 6.45) is 3.18. The van der Waals surface area contributed by atoms with E-state index < -0.39 is 17.3 Å². The summed E-state index contributed by atoms with van der Waals surface area (Å²) in [4.78, 5) is 35.0. The molecule has 8 heteroatoms. The van der Waals surface area contributed by atoms with E-state index in [0.29, 0.717) is 23.3 Å². The molecule has 2 N–H and O–H groups in total. The molecule has 1 aliphatic rings. The highest BCUT2D eigenvalue weighted by molar-refractivity contribution is 5.96. The standard InChI is InChI=1S/C18H16F2N4O2/c19-12-3-4-14(20)10(6-12)7-13-2-1-5-24(13)17(25)11-8-15-16(21-9-11)23-18(26)22-15/h3-4,6,8-9,13H,1-2,5,7H2,(H2,21,22,23,26). The first-order valence-corrected chi connectivity index (χ1v) is 8.34. The number of aromatic nitrogens is 3. The van der Waals surface area contributed by atoms with Crippen LogP contribution in [0.5, 0.6) is 0 Å². The third-order valence-corrected chi connectivity index (χ3v) is 4.72. The molecule has 1 atom stereocenters. The Morgan fingerprint density at radius 3 is 2.96 bits per heavy atom. The van der Waals surface area contributed by atoms with Crippen LogP contribution in [0.25, 0.3) is 11.2 Å². The van der Waals surface area contributed by atoms with Crippen LogP contribution in [0.1, 0.15) is 28.8 Å². The SMILES string of the molecule is O=C(c1cnc2[nH]c(=O)[nH]c2c1)N1CCCC1Cc1cc(F)ccc1F. The van der Waals surface area contributed by atoms with Gasteiger partial charge < -0.3 is 9.88 Å². The van der Waals surface area contributed by atoms with Gasteiger partial charge in [-0.25, -0.2) is 18.6 Å². The van der Waals surface area contributed by atoms with Crippen LogP contribution in [0, 0.1) is 11.6 Å². The Labute approximate surface area is 146 Å². The molecular formula is C18H16F2N4O2. The maximum absolute atomic E-state index is 13.9. The van der Waals surface area contributed by atoms with E-state index in [0.717, 1.165) is 25.0 Å². The molecule has 2 aromatic heterocycles. The summed E-state index contributed by atoms with van der Waals surface area (Å²) in [7, 11) is 0. The molecule has 4 rings (SSSR count). The van der Waals surface area contributed by atoms with E-state index in [2.05, 4.69) is 15.0 Å². The Kier molecular flexibility index (Phi) is 4.02. The number of amides is 1. The van der Waals surface area contributed by atoms with Gasteiger partial charge in [0, 0.05) is 18.8 Å². The van der Waals surface area contributed by atoms with Gasteiger partial charge in [-0.2, -0.15) is 0 Å². The predicted molar refractivity (Wildman–Crippen MR) is 90.8 cm³/mol. The average Bonchev–Trinajstić information content (AvgIpc) is 3.22. The maximum Gasteiger partial charge on any atom is 0.325 e. The molecule has 0 bridgehead atoms. The number of imidazole rings is 1. The van der Waals surface area contributed by atoms with Crippen molar-refractivity contribution in [3.8, 4) is 0 Å². The molecule has 1 fully saturated rings. The number of likely N-dealkylation sites (tertiary alicyclic amines) is 1. The minimum absolute atomic E-state index is 0.209. The van der Waals surface area contributed by atoms with Crippen molar-refractivity contribution in [2.24, 2.45) is 0 Å². The molecule has 1 unspecified atom stereocenters. The van der Waals surface area contributed by atoms with Crippen molar-refractivity contribution < 1.29 is 13.6 Å². The number of fused-ring (bicyclic) bond motifs is 1. The summed E-state index contributed by atoms with van der Waals surface area (Å²) in [6, 6.07) is 4.72. The van der Waals surface area contributed by atoms with Crippen LogP contribution in [-0.2, 0) is 6.42 Å². The molecule has 1 saturated heterocycles. The predicted octanol–water partition coefficient (Wildman–Crippen LogP) is 2.38. The first-order valence-electron chi connectivity index (χ1n) is 8.34. The largest absolute Gasteiger partial charge is 0.335 e. The van der Waals surface area contributed by atoms with E-state index in [1.54, 1.807) is 11.0 Å². The molecule has 6 nitrogen and oxygen atoms in total. The number of hydrogen-bond acceptors (Lipinski definition) is 3. The van der Waals surface area contributed by atoms with Gasteiger partial charge in [-0.05, 0) is 49.1 Å². The molecule has 3 aromatic rings. The quantitative estimate of drug-likeness (QED) is 0.754. The molecule has 1 aromatic carbocycles. The molecule has 0 spiro atoms. The molecular weight excluding hydrogens is 342 g/mol. The highest BCUT2D eigenvalue weighted by Gasteiger charge is 2.30. The second-order valence-corrected chi connectivity index (χ2v) is 6.43. The fourth-order valence-corrected chi connectivity index (χ4v) is 3.47. The normalized spacial score (nSPS) is 17.2. The minimum Gasteiger partial charge on any atom is -0.335 e. The minimum atomic E-state index is -0.497. The molecule has 0 radical (unpaired) electrons. The number of aromatic amines is 2. The molecule has 0 saturated carbocycles. The summed E-state index contributed by atoms with van der Waals surface area (Å²) in [5, 5.41) is 0. The van der Waals surface area contributed by atoms with Gasteiger partial charge in [-0.15, -0.1) is 0 Å². The lowest BCUT2D eigenvalue weighted by atomic mass is 10.0. The number of pyridine rings is 1. The summed E-state index contributed by atoms with van der Waals surface area (Å²) < 4.78 is 27.3. The topological polar surface area (TPSA) is 81.8 Å². The maximum atomic E-state index is 13.9. The lowest BCUT2D eigenvalue weighted by Gasteiger charge is -2.25. The summed E-state index contributed by atoms with van der Waals surface area (Å²) in [5.41, 5.74) is 1.05. The van der Waals surface area contributed by atoms with E-state index in [4.69, 9.17) is 0 Å². The van der Waals surface area contributed by atoms with Crippen molar-refractivity contribution in [2.45, 2.75) is 25.3 Å². The number of rotatable bonds is 3. The van der Waals surface area contributed by atoms with Gasteiger partial charge in [0.25, 0.3) is 5.91 Å². The van der Waals surface area contributed by atoms with Gasteiger partial charge in [0.15, 0.2) is 5.65 Å². The van der Waals surface area contributed by atoms with Gasteiger partial charge in [0.1, 0.15) is 11.6 Å². The lowest BCUT2D eigenvalue weighted by molar-refractivity contribution is 0.0735. The highest BCUT2D eigenvalue weighted by atomic mass is 19.1. The molecule has 1 aliphatic heterocycles. The number of H-pyrrole nitrogens is 2. The summed E-state index contributed by atoms with van der Waals surface area (Å²) in [5.74, 6) is -1.21. The number of nitrogens with one attached hydrogen (secondary N) is 2. The van der Waals surface area contributed by atoms with Crippen LogP contribution < -0.4 is 5.69 Å². The Balaban J connectivity index is 1.59. The van der Waals surface area contributed by atoms with E-state index in [1.807, 2.05) is 0 Å². The molecule has 134 valence electrons. The Hall–Kier alpha value is -3.03. The number of halogens is 2. The average molecular weight is 358 g/mol. The number of carbonyl (C=O) groups excluding carboxylic acids is 1. The first-order chi connectivity index (χ1) is 12.5. The number of hydrogen-bond donors (Lipinski definition) is 2. The van der Waals surface area contributed by atoms with Gasteiger partial charge in [-0.1, -0.05) is 0 Å². The summed E-state index contributed by atoms with van der Waals surface area (Å²) in [6.45, 7) is 0.544.